The molecule has 0 spiro atoms. The van der Waals surface area contributed by atoms with Crippen molar-refractivity contribution in [3.05, 3.63) is 97.5 Å². The molecular formula is C24H15Cl2N3O6. The predicted molar refractivity (Wildman–Crippen MR) is 130 cm³/mol. The van der Waals surface area contributed by atoms with Crippen molar-refractivity contribution in [3.8, 4) is 17.6 Å². The topological polar surface area (TPSA) is 132 Å². The Labute approximate surface area is 209 Å². The Hall–Kier alpha value is -4.39. The van der Waals surface area contributed by atoms with Crippen LogP contribution >= 0.6 is 23.2 Å². The maximum absolute atomic E-state index is 12.5. The van der Waals surface area contributed by atoms with E-state index in [4.69, 9.17) is 32.7 Å². The molecule has 1 N–H and O–H groups in total. The number of nitro benzene ring substituents is 1. The summed E-state index contributed by atoms with van der Waals surface area (Å²) in [6.45, 7) is 0. The van der Waals surface area contributed by atoms with Gasteiger partial charge >= 0.3 is 5.97 Å². The Bertz CT molecular complexity index is 1380. The number of methoxy groups -OCH3 is 1. The summed E-state index contributed by atoms with van der Waals surface area (Å²) in [7, 11) is 1.51. The first kappa shape index (κ1) is 25.2. The van der Waals surface area contributed by atoms with Gasteiger partial charge in [-0.15, -0.1) is 0 Å². The molecule has 3 rings (SSSR count). The molecule has 0 aliphatic rings. The number of esters is 1. The molecule has 0 heterocycles. The van der Waals surface area contributed by atoms with Crippen molar-refractivity contribution in [2.75, 3.05) is 12.4 Å². The van der Waals surface area contributed by atoms with Crippen LogP contribution in [0.2, 0.25) is 10.0 Å². The molecule has 0 saturated heterocycles. The fourth-order valence-electron chi connectivity index (χ4n) is 2.80. The molecule has 3 aromatic rings. The van der Waals surface area contributed by atoms with E-state index in [2.05, 4.69) is 5.32 Å². The van der Waals surface area contributed by atoms with E-state index in [-0.39, 0.29) is 38.3 Å². The smallest absolute Gasteiger partial charge is 0.343 e. The fraction of sp³-hybridized carbons (Fsp3) is 0.0417. The molecule has 0 aliphatic carbocycles. The highest BCUT2D eigenvalue weighted by molar-refractivity contribution is 6.34. The van der Waals surface area contributed by atoms with Crippen LogP contribution in [0.5, 0.6) is 11.5 Å². The summed E-state index contributed by atoms with van der Waals surface area (Å²) in [6.07, 6.45) is 1.25. The molecule has 35 heavy (non-hydrogen) atoms. The van der Waals surface area contributed by atoms with Crippen LogP contribution in [-0.2, 0) is 4.79 Å². The van der Waals surface area contributed by atoms with Gasteiger partial charge in [-0.2, -0.15) is 5.26 Å². The number of nitrogens with zero attached hydrogens (tertiary/aromatic N) is 2. The van der Waals surface area contributed by atoms with Gasteiger partial charge in [-0.3, -0.25) is 14.9 Å². The summed E-state index contributed by atoms with van der Waals surface area (Å²) in [4.78, 5) is 35.2. The van der Waals surface area contributed by atoms with E-state index in [1.807, 2.05) is 0 Å². The van der Waals surface area contributed by atoms with Crippen LogP contribution < -0.4 is 14.8 Å². The molecule has 0 aromatic heterocycles. The number of non-ortho nitro benzene ring substituents is 1. The minimum absolute atomic E-state index is 0.0224. The lowest BCUT2D eigenvalue weighted by Crippen LogP contribution is -2.14. The van der Waals surface area contributed by atoms with Gasteiger partial charge in [0, 0.05) is 12.1 Å². The lowest BCUT2D eigenvalue weighted by atomic mass is 10.1. The van der Waals surface area contributed by atoms with Gasteiger partial charge in [0.2, 0.25) is 0 Å². The highest BCUT2D eigenvalue weighted by Crippen LogP contribution is 2.29. The van der Waals surface area contributed by atoms with Gasteiger partial charge < -0.3 is 14.8 Å². The van der Waals surface area contributed by atoms with Crippen molar-refractivity contribution >= 4 is 52.5 Å². The van der Waals surface area contributed by atoms with E-state index in [0.717, 1.165) is 6.07 Å². The summed E-state index contributed by atoms with van der Waals surface area (Å²) in [6, 6.07) is 15.9. The molecular weight excluding hydrogens is 497 g/mol. The van der Waals surface area contributed by atoms with Gasteiger partial charge in [-0.25, -0.2) is 4.79 Å². The lowest BCUT2D eigenvalue weighted by molar-refractivity contribution is -0.384. The SMILES string of the molecule is COc1ccc(C(=O)Oc2ccc(/C=C(\C#N)C(=O)Nc3cc([N+](=O)[O-])ccc3Cl)cc2Cl)cc1. The average Bonchev–Trinajstić information content (AvgIpc) is 2.85. The maximum atomic E-state index is 12.5. The van der Waals surface area contributed by atoms with Crippen LogP contribution in [0.4, 0.5) is 11.4 Å². The molecule has 11 heteroatoms. The first-order valence-corrected chi connectivity index (χ1v) is 10.5. The zero-order valence-electron chi connectivity index (χ0n) is 18.0. The Morgan fingerprint density at radius 1 is 1.06 bits per heavy atom. The minimum atomic E-state index is -0.832. The number of nitro groups is 1. The van der Waals surface area contributed by atoms with E-state index in [0.29, 0.717) is 11.3 Å². The largest absolute Gasteiger partial charge is 0.497 e. The number of carbonyl (C=O) groups is 2. The fourth-order valence-corrected chi connectivity index (χ4v) is 3.20. The van der Waals surface area contributed by atoms with Gasteiger partial charge in [0.25, 0.3) is 11.6 Å². The van der Waals surface area contributed by atoms with Crippen molar-refractivity contribution < 1.29 is 24.0 Å². The monoisotopic (exact) mass is 511 g/mol. The van der Waals surface area contributed by atoms with Gasteiger partial charge in [0.1, 0.15) is 23.1 Å². The first-order chi connectivity index (χ1) is 16.7. The number of anilines is 1. The summed E-state index contributed by atoms with van der Waals surface area (Å²) in [5.41, 5.74) is 0.0429. The molecule has 0 unspecified atom stereocenters. The zero-order chi connectivity index (χ0) is 25.5. The van der Waals surface area contributed by atoms with Gasteiger partial charge in [0.15, 0.2) is 0 Å². The molecule has 3 aromatic carbocycles. The third kappa shape index (κ3) is 6.35. The van der Waals surface area contributed by atoms with Crippen molar-refractivity contribution in [2.24, 2.45) is 0 Å². The number of rotatable bonds is 7. The summed E-state index contributed by atoms with van der Waals surface area (Å²) < 4.78 is 10.4. The van der Waals surface area contributed by atoms with E-state index in [9.17, 15) is 25.0 Å². The van der Waals surface area contributed by atoms with E-state index >= 15 is 0 Å². The second-order valence-corrected chi connectivity index (χ2v) is 7.67. The van der Waals surface area contributed by atoms with Crippen LogP contribution in [0.15, 0.2) is 66.2 Å². The van der Waals surface area contributed by atoms with Crippen molar-refractivity contribution in [1.82, 2.24) is 0 Å². The lowest BCUT2D eigenvalue weighted by Gasteiger charge is -2.08. The van der Waals surface area contributed by atoms with Gasteiger partial charge in [-0.05, 0) is 54.1 Å². The van der Waals surface area contributed by atoms with Crippen LogP contribution in [0.3, 0.4) is 0 Å². The third-order valence-corrected chi connectivity index (χ3v) is 5.19. The number of hydrogen-bond donors (Lipinski definition) is 1. The molecule has 0 aliphatic heterocycles. The number of ether oxygens (including phenoxy) is 2. The highest BCUT2D eigenvalue weighted by Gasteiger charge is 2.16. The Kier molecular flexibility index (Phi) is 8.04. The van der Waals surface area contributed by atoms with Crippen LogP contribution in [0.1, 0.15) is 15.9 Å². The summed E-state index contributed by atoms with van der Waals surface area (Å²) >= 11 is 12.2. The van der Waals surface area contributed by atoms with E-state index in [1.54, 1.807) is 18.2 Å². The van der Waals surface area contributed by atoms with Crippen LogP contribution in [-0.4, -0.2) is 23.9 Å². The quantitative estimate of drug-likeness (QED) is 0.108. The van der Waals surface area contributed by atoms with Crippen LogP contribution in [0.25, 0.3) is 6.08 Å². The summed E-state index contributed by atoms with van der Waals surface area (Å²) in [5, 5.41) is 22.9. The van der Waals surface area contributed by atoms with Crippen LogP contribution in [0, 0.1) is 21.4 Å². The van der Waals surface area contributed by atoms with Gasteiger partial charge in [0.05, 0.1) is 33.3 Å². The van der Waals surface area contributed by atoms with E-state index in [1.165, 1.54) is 55.7 Å². The third-order valence-electron chi connectivity index (χ3n) is 4.57. The molecule has 0 atom stereocenters. The average molecular weight is 512 g/mol. The number of nitrogens with one attached hydrogen (secondary N) is 1. The highest BCUT2D eigenvalue weighted by atomic mass is 35.5. The number of carbonyl (C=O) groups excluding carboxylic acids is 2. The zero-order valence-corrected chi connectivity index (χ0v) is 19.5. The first-order valence-electron chi connectivity index (χ1n) is 9.74. The van der Waals surface area contributed by atoms with Crippen molar-refractivity contribution in [2.45, 2.75) is 0 Å². The van der Waals surface area contributed by atoms with Crippen molar-refractivity contribution in [1.29, 1.82) is 5.26 Å². The predicted octanol–water partition coefficient (Wildman–Crippen LogP) is 5.68. The molecule has 0 radical (unpaired) electrons. The molecule has 0 fully saturated rings. The Balaban J connectivity index is 1.76. The maximum Gasteiger partial charge on any atom is 0.343 e. The molecule has 9 nitrogen and oxygen atoms in total. The van der Waals surface area contributed by atoms with Gasteiger partial charge in [-0.1, -0.05) is 29.3 Å². The number of nitriles is 1. The Morgan fingerprint density at radius 3 is 2.37 bits per heavy atom. The number of hydrogen-bond acceptors (Lipinski definition) is 7. The normalized spacial score (nSPS) is 10.7. The number of benzene rings is 3. The van der Waals surface area contributed by atoms with E-state index < -0.39 is 16.8 Å². The standard InChI is InChI=1S/C24H15Cl2N3O6/c1-34-18-6-3-15(4-7-18)24(31)35-22-9-2-14(11-20(22)26)10-16(13-27)23(30)28-21-12-17(29(32)33)5-8-19(21)25/h2-12H,1H3,(H,28,30)/b16-10+. The molecule has 176 valence electrons. The second kappa shape index (κ2) is 11.2. The molecule has 1 amide bonds. The Morgan fingerprint density at radius 2 is 1.77 bits per heavy atom. The molecule has 0 bridgehead atoms. The molecule has 0 saturated carbocycles. The number of amides is 1. The number of halogens is 2. The minimum Gasteiger partial charge on any atom is -0.497 e. The summed E-state index contributed by atoms with van der Waals surface area (Å²) in [5.74, 6) is -0.804. The van der Waals surface area contributed by atoms with Crippen molar-refractivity contribution in [3.63, 3.8) is 0 Å². The second-order valence-electron chi connectivity index (χ2n) is 6.85.